The number of rotatable bonds is 6. The summed E-state index contributed by atoms with van der Waals surface area (Å²) in [5.74, 6) is 1.89. The number of hydrogen-bond acceptors (Lipinski definition) is 3. The summed E-state index contributed by atoms with van der Waals surface area (Å²) in [4.78, 5) is 7.14. The van der Waals surface area contributed by atoms with Crippen molar-refractivity contribution in [2.75, 3.05) is 31.1 Å². The number of furan rings is 1. The van der Waals surface area contributed by atoms with Crippen molar-refractivity contribution in [3.8, 4) is 0 Å². The van der Waals surface area contributed by atoms with Crippen molar-refractivity contribution in [1.29, 1.82) is 0 Å². The van der Waals surface area contributed by atoms with E-state index in [2.05, 4.69) is 57.8 Å². The molecule has 0 amide bonds. The van der Waals surface area contributed by atoms with Crippen LogP contribution in [0.15, 0.2) is 58.1 Å². The largest absolute Gasteiger partial charge is 0.469 e. The molecule has 1 aliphatic rings. The summed E-state index contributed by atoms with van der Waals surface area (Å²) < 4.78 is 5.36. The number of aliphatic imine (C=N–C) groups is 1. The number of anilines is 1. The first-order valence-electron chi connectivity index (χ1n) is 9.22. The molecule has 134 valence electrons. The lowest BCUT2D eigenvalue weighted by Crippen LogP contribution is -2.48. The molecule has 0 spiro atoms. The molecule has 5 heteroatoms. The molecule has 3 rings (SSSR count). The third-order valence-corrected chi connectivity index (χ3v) is 4.51. The van der Waals surface area contributed by atoms with E-state index < -0.39 is 0 Å². The van der Waals surface area contributed by atoms with Crippen molar-refractivity contribution < 1.29 is 4.42 Å². The van der Waals surface area contributed by atoms with Gasteiger partial charge in [-0.25, -0.2) is 0 Å². The first kappa shape index (κ1) is 17.4. The van der Waals surface area contributed by atoms with Crippen LogP contribution >= 0.6 is 0 Å². The first-order chi connectivity index (χ1) is 12.3. The Bertz CT molecular complexity index is 631. The number of benzene rings is 1. The zero-order chi connectivity index (χ0) is 17.3. The van der Waals surface area contributed by atoms with E-state index in [0.29, 0.717) is 6.04 Å². The molecule has 1 aromatic heterocycles. The normalized spacial score (nSPS) is 16.0. The van der Waals surface area contributed by atoms with Gasteiger partial charge in [0.1, 0.15) is 5.76 Å². The maximum atomic E-state index is 5.36. The molecule has 0 radical (unpaired) electrons. The zero-order valence-electron chi connectivity index (χ0n) is 14.9. The quantitative estimate of drug-likeness (QED) is 0.627. The number of nitrogens with zero attached hydrogens (tertiary/aromatic N) is 2. The van der Waals surface area contributed by atoms with E-state index in [1.54, 1.807) is 6.26 Å². The second-order valence-electron chi connectivity index (χ2n) is 6.33. The van der Waals surface area contributed by atoms with Crippen LogP contribution in [0.4, 0.5) is 5.69 Å². The smallest absolute Gasteiger partial charge is 0.191 e. The standard InChI is InChI=1S/C20H28N4O/c1-2-21-20(22-13-10-19-9-6-16-25-19)23-17-11-14-24(15-12-17)18-7-4-3-5-8-18/h3-9,16-17H,2,10-15H2,1H3,(H2,21,22,23). The molecule has 1 aliphatic heterocycles. The van der Waals surface area contributed by atoms with E-state index in [9.17, 15) is 0 Å². The number of nitrogens with one attached hydrogen (secondary N) is 2. The van der Waals surface area contributed by atoms with Crippen LogP contribution in [0.1, 0.15) is 25.5 Å². The summed E-state index contributed by atoms with van der Waals surface area (Å²) in [7, 11) is 0. The fourth-order valence-corrected chi connectivity index (χ4v) is 3.17. The number of hydrogen-bond donors (Lipinski definition) is 2. The number of guanidine groups is 1. The molecule has 2 N–H and O–H groups in total. The minimum absolute atomic E-state index is 0.473. The van der Waals surface area contributed by atoms with Crippen molar-refractivity contribution in [3.63, 3.8) is 0 Å². The van der Waals surface area contributed by atoms with Crippen LogP contribution in [0.2, 0.25) is 0 Å². The van der Waals surface area contributed by atoms with Crippen molar-refractivity contribution in [1.82, 2.24) is 10.6 Å². The molecule has 1 saturated heterocycles. The van der Waals surface area contributed by atoms with Crippen LogP contribution < -0.4 is 15.5 Å². The van der Waals surface area contributed by atoms with Gasteiger partial charge >= 0.3 is 0 Å². The molecule has 2 aromatic rings. The van der Waals surface area contributed by atoms with Gasteiger partial charge in [0.25, 0.3) is 0 Å². The van der Waals surface area contributed by atoms with Gasteiger partial charge < -0.3 is 20.0 Å². The minimum atomic E-state index is 0.473. The Hall–Kier alpha value is -2.43. The maximum absolute atomic E-state index is 5.36. The molecule has 0 atom stereocenters. The molecule has 0 aliphatic carbocycles. The lowest BCUT2D eigenvalue weighted by Gasteiger charge is -2.34. The van der Waals surface area contributed by atoms with Crippen LogP contribution in [-0.4, -0.2) is 38.2 Å². The number of piperidine rings is 1. The molecule has 0 bridgehead atoms. The van der Waals surface area contributed by atoms with E-state index >= 15 is 0 Å². The van der Waals surface area contributed by atoms with Gasteiger partial charge in [-0.15, -0.1) is 0 Å². The highest BCUT2D eigenvalue weighted by Crippen LogP contribution is 2.19. The lowest BCUT2D eigenvalue weighted by atomic mass is 10.0. The molecular weight excluding hydrogens is 312 g/mol. The minimum Gasteiger partial charge on any atom is -0.469 e. The van der Waals surface area contributed by atoms with Gasteiger partial charge in [0.05, 0.1) is 6.26 Å². The Balaban J connectivity index is 1.47. The van der Waals surface area contributed by atoms with Gasteiger partial charge in [-0.1, -0.05) is 18.2 Å². The summed E-state index contributed by atoms with van der Waals surface area (Å²) in [5, 5.41) is 6.94. The van der Waals surface area contributed by atoms with E-state index in [0.717, 1.165) is 57.2 Å². The van der Waals surface area contributed by atoms with E-state index in [-0.39, 0.29) is 0 Å². The first-order valence-corrected chi connectivity index (χ1v) is 9.22. The van der Waals surface area contributed by atoms with Crippen molar-refractivity contribution in [2.45, 2.75) is 32.2 Å². The van der Waals surface area contributed by atoms with Gasteiger partial charge in [0.15, 0.2) is 5.96 Å². The Kier molecular flexibility index (Phi) is 6.37. The summed E-state index contributed by atoms with van der Waals surface area (Å²) >= 11 is 0. The SMILES string of the molecule is CCNC(=NCCc1ccco1)NC1CCN(c2ccccc2)CC1. The highest BCUT2D eigenvalue weighted by molar-refractivity contribution is 5.80. The monoisotopic (exact) mass is 340 g/mol. The highest BCUT2D eigenvalue weighted by Gasteiger charge is 2.20. The predicted octanol–water partition coefficient (Wildman–Crippen LogP) is 3.05. The Labute approximate surface area is 150 Å². The number of para-hydroxylation sites is 1. The Morgan fingerprint density at radius 2 is 1.96 bits per heavy atom. The zero-order valence-corrected chi connectivity index (χ0v) is 14.9. The Morgan fingerprint density at radius 3 is 2.64 bits per heavy atom. The van der Waals surface area contributed by atoms with Crippen LogP contribution in [0.25, 0.3) is 0 Å². The third-order valence-electron chi connectivity index (χ3n) is 4.51. The summed E-state index contributed by atoms with van der Waals surface area (Å²) in [6.45, 7) is 5.85. The topological polar surface area (TPSA) is 52.8 Å². The maximum Gasteiger partial charge on any atom is 0.191 e. The van der Waals surface area contributed by atoms with Gasteiger partial charge in [-0.2, -0.15) is 0 Å². The van der Waals surface area contributed by atoms with Gasteiger partial charge in [-0.05, 0) is 44.0 Å². The van der Waals surface area contributed by atoms with Gasteiger partial charge in [0.2, 0.25) is 0 Å². The summed E-state index contributed by atoms with van der Waals surface area (Å²) in [6.07, 6.45) is 4.79. The summed E-state index contributed by atoms with van der Waals surface area (Å²) in [5.41, 5.74) is 1.32. The molecule has 0 unspecified atom stereocenters. The van der Waals surface area contributed by atoms with Gasteiger partial charge in [0, 0.05) is 44.3 Å². The third kappa shape index (κ3) is 5.28. The molecule has 2 heterocycles. The summed E-state index contributed by atoms with van der Waals surface area (Å²) in [6, 6.07) is 15.0. The molecular formula is C20H28N4O. The van der Waals surface area contributed by atoms with Crippen molar-refractivity contribution >= 4 is 11.6 Å². The Morgan fingerprint density at radius 1 is 1.16 bits per heavy atom. The van der Waals surface area contributed by atoms with Crippen LogP contribution in [0.3, 0.4) is 0 Å². The van der Waals surface area contributed by atoms with Crippen LogP contribution in [-0.2, 0) is 6.42 Å². The fourth-order valence-electron chi connectivity index (χ4n) is 3.17. The fraction of sp³-hybridized carbons (Fsp3) is 0.450. The second-order valence-corrected chi connectivity index (χ2v) is 6.33. The molecule has 5 nitrogen and oxygen atoms in total. The average molecular weight is 340 g/mol. The molecule has 25 heavy (non-hydrogen) atoms. The highest BCUT2D eigenvalue weighted by atomic mass is 16.3. The second kappa shape index (κ2) is 9.16. The van der Waals surface area contributed by atoms with Crippen LogP contribution in [0.5, 0.6) is 0 Å². The van der Waals surface area contributed by atoms with Crippen LogP contribution in [0, 0.1) is 0 Å². The average Bonchev–Trinajstić information content (AvgIpc) is 3.17. The predicted molar refractivity (Wildman–Crippen MR) is 103 cm³/mol. The van der Waals surface area contributed by atoms with Gasteiger partial charge in [-0.3, -0.25) is 4.99 Å². The van der Waals surface area contributed by atoms with Crippen molar-refractivity contribution in [2.24, 2.45) is 4.99 Å². The molecule has 1 fully saturated rings. The van der Waals surface area contributed by atoms with E-state index in [4.69, 9.17) is 4.42 Å². The van der Waals surface area contributed by atoms with Crippen molar-refractivity contribution in [3.05, 3.63) is 54.5 Å². The van der Waals surface area contributed by atoms with E-state index in [1.807, 2.05) is 12.1 Å². The molecule has 1 aromatic carbocycles. The van der Waals surface area contributed by atoms with E-state index in [1.165, 1.54) is 5.69 Å². The molecule has 0 saturated carbocycles. The lowest BCUT2D eigenvalue weighted by molar-refractivity contribution is 0.461.